The van der Waals surface area contributed by atoms with E-state index in [9.17, 15) is 14.4 Å². The molecule has 0 bridgehead atoms. The average Bonchev–Trinajstić information content (AvgIpc) is 2.82. The lowest BCUT2D eigenvalue weighted by Crippen LogP contribution is -2.39. The molecule has 0 saturated heterocycles. The third-order valence-electron chi connectivity index (χ3n) is 4.13. The zero-order valence-corrected chi connectivity index (χ0v) is 15.9. The molecule has 0 radical (unpaired) electrons. The number of nitrogens with zero attached hydrogens (tertiary/aromatic N) is 1. The third kappa shape index (κ3) is 4.61. The van der Waals surface area contributed by atoms with Crippen LogP contribution in [0.3, 0.4) is 0 Å². The van der Waals surface area contributed by atoms with Crippen molar-refractivity contribution in [2.45, 2.75) is 19.4 Å². The highest BCUT2D eigenvalue weighted by atomic mass is 35.5. The van der Waals surface area contributed by atoms with E-state index in [1.165, 1.54) is 11.8 Å². The fourth-order valence-corrected chi connectivity index (χ4v) is 2.89. The minimum absolute atomic E-state index is 0.143. The predicted octanol–water partition coefficient (Wildman–Crippen LogP) is 3.03. The van der Waals surface area contributed by atoms with Gasteiger partial charge >= 0.3 is 5.97 Å². The van der Waals surface area contributed by atoms with Gasteiger partial charge in [0, 0.05) is 0 Å². The van der Waals surface area contributed by atoms with Gasteiger partial charge in [-0.05, 0) is 31.2 Å². The highest BCUT2D eigenvalue weighted by Gasteiger charge is 2.27. The molecule has 0 fully saturated rings. The minimum Gasteiger partial charge on any atom is -0.491 e. The number of para-hydroxylation sites is 3. The monoisotopic (exact) mass is 402 g/mol. The largest absolute Gasteiger partial charge is 0.491 e. The van der Waals surface area contributed by atoms with E-state index in [1.807, 2.05) is 0 Å². The summed E-state index contributed by atoms with van der Waals surface area (Å²) in [6, 6.07) is 13.7. The smallest absolute Gasteiger partial charge is 0.326 e. The molecule has 2 aromatic rings. The molecule has 28 heavy (non-hydrogen) atoms. The van der Waals surface area contributed by atoms with Crippen LogP contribution in [0.15, 0.2) is 48.5 Å². The molecule has 0 aromatic heterocycles. The molecule has 1 aliphatic rings. The fraction of sp³-hybridized carbons (Fsp3) is 0.250. The first kappa shape index (κ1) is 19.7. The summed E-state index contributed by atoms with van der Waals surface area (Å²) in [5, 5.41) is 2.98. The Kier molecular flexibility index (Phi) is 6.16. The number of halogens is 1. The Morgan fingerprint density at radius 2 is 1.93 bits per heavy atom. The molecule has 1 atom stereocenters. The molecule has 0 unspecified atom stereocenters. The number of hydrogen-bond acceptors (Lipinski definition) is 5. The van der Waals surface area contributed by atoms with Gasteiger partial charge in [0.05, 0.1) is 29.4 Å². The van der Waals surface area contributed by atoms with Gasteiger partial charge in [-0.25, -0.2) is 0 Å². The molecule has 2 amide bonds. The number of benzene rings is 2. The Hall–Kier alpha value is -3.06. The Morgan fingerprint density at radius 3 is 2.71 bits per heavy atom. The number of fused-ring (bicyclic) bond motifs is 1. The lowest BCUT2D eigenvalue weighted by molar-refractivity contribution is -0.152. The summed E-state index contributed by atoms with van der Waals surface area (Å²) in [5.41, 5.74) is 0.918. The third-order valence-corrected chi connectivity index (χ3v) is 4.46. The number of hydrogen-bond donors (Lipinski definition) is 1. The van der Waals surface area contributed by atoms with E-state index < -0.39 is 18.0 Å². The molecular formula is C20H19ClN2O5. The van der Waals surface area contributed by atoms with Gasteiger partial charge in [0.1, 0.15) is 12.3 Å². The van der Waals surface area contributed by atoms with Crippen molar-refractivity contribution < 1.29 is 23.9 Å². The Labute approximate surface area is 167 Å². The molecule has 7 nitrogen and oxygen atoms in total. The lowest BCUT2D eigenvalue weighted by atomic mass is 10.2. The Bertz CT molecular complexity index is 902. The maximum atomic E-state index is 12.4. The quantitative estimate of drug-likeness (QED) is 0.777. The van der Waals surface area contributed by atoms with Crippen LogP contribution in [0.2, 0.25) is 5.02 Å². The standard InChI is InChI=1S/C20H19ClN2O5/c1-13(20(26)22-15-7-3-2-6-14(15)21)28-19(25)12-23-16-8-4-5-9-17(16)27-11-10-18(23)24/h2-9,13H,10-12H2,1H3,(H,22,26)/t13-/m0/s1. The number of esters is 1. The Balaban J connectivity index is 1.64. The normalized spacial score (nSPS) is 14.4. The van der Waals surface area contributed by atoms with Gasteiger partial charge in [-0.2, -0.15) is 0 Å². The van der Waals surface area contributed by atoms with Gasteiger partial charge in [-0.1, -0.05) is 35.9 Å². The van der Waals surface area contributed by atoms with Crippen LogP contribution in [-0.2, 0) is 19.1 Å². The number of carbonyl (C=O) groups excluding carboxylic acids is 3. The first-order valence-electron chi connectivity index (χ1n) is 8.73. The van der Waals surface area contributed by atoms with Gasteiger partial charge in [-0.15, -0.1) is 0 Å². The van der Waals surface area contributed by atoms with Crippen molar-refractivity contribution in [3.05, 3.63) is 53.6 Å². The van der Waals surface area contributed by atoms with Crippen LogP contribution in [0.25, 0.3) is 0 Å². The zero-order chi connectivity index (χ0) is 20.1. The Morgan fingerprint density at radius 1 is 1.21 bits per heavy atom. The zero-order valence-electron chi connectivity index (χ0n) is 15.2. The molecule has 8 heteroatoms. The molecule has 1 aliphatic heterocycles. The summed E-state index contributed by atoms with van der Waals surface area (Å²) >= 11 is 6.01. The molecular weight excluding hydrogens is 384 g/mol. The number of rotatable bonds is 5. The average molecular weight is 403 g/mol. The van der Waals surface area contributed by atoms with Crippen molar-refractivity contribution in [2.75, 3.05) is 23.4 Å². The van der Waals surface area contributed by atoms with Gasteiger partial charge in [0.15, 0.2) is 6.10 Å². The molecule has 3 rings (SSSR count). The first-order chi connectivity index (χ1) is 13.5. The second-order valence-electron chi connectivity index (χ2n) is 6.15. The summed E-state index contributed by atoms with van der Waals surface area (Å²) < 4.78 is 10.7. The van der Waals surface area contributed by atoms with Gasteiger partial charge in [0.2, 0.25) is 5.91 Å². The molecule has 2 aromatic carbocycles. The van der Waals surface area contributed by atoms with E-state index in [2.05, 4.69) is 5.32 Å². The fourth-order valence-electron chi connectivity index (χ4n) is 2.71. The van der Waals surface area contributed by atoms with Crippen LogP contribution in [0.5, 0.6) is 5.75 Å². The van der Waals surface area contributed by atoms with Crippen LogP contribution >= 0.6 is 11.6 Å². The van der Waals surface area contributed by atoms with Crippen LogP contribution in [0, 0.1) is 0 Å². The summed E-state index contributed by atoms with van der Waals surface area (Å²) in [6.07, 6.45) is -0.915. The highest BCUT2D eigenvalue weighted by molar-refractivity contribution is 6.33. The van der Waals surface area contributed by atoms with Crippen molar-refractivity contribution in [1.29, 1.82) is 0 Å². The van der Waals surface area contributed by atoms with Gasteiger partial charge in [0.25, 0.3) is 5.91 Å². The molecule has 0 spiro atoms. The molecule has 1 N–H and O–H groups in total. The van der Waals surface area contributed by atoms with E-state index in [0.717, 1.165) is 0 Å². The topological polar surface area (TPSA) is 84.9 Å². The van der Waals surface area contributed by atoms with E-state index >= 15 is 0 Å². The molecule has 1 heterocycles. The van der Waals surface area contributed by atoms with Crippen molar-refractivity contribution >= 4 is 40.8 Å². The molecule has 0 saturated carbocycles. The number of nitrogens with one attached hydrogen (secondary N) is 1. The maximum Gasteiger partial charge on any atom is 0.326 e. The van der Waals surface area contributed by atoms with Gasteiger partial charge < -0.3 is 14.8 Å². The molecule has 146 valence electrons. The predicted molar refractivity (Wildman–Crippen MR) is 105 cm³/mol. The second-order valence-corrected chi connectivity index (χ2v) is 6.55. The van der Waals surface area contributed by atoms with E-state index in [0.29, 0.717) is 22.1 Å². The summed E-state index contributed by atoms with van der Waals surface area (Å²) in [4.78, 5) is 38.3. The maximum absolute atomic E-state index is 12.4. The van der Waals surface area contributed by atoms with E-state index in [4.69, 9.17) is 21.1 Å². The van der Waals surface area contributed by atoms with Crippen LogP contribution in [0.1, 0.15) is 13.3 Å². The molecule has 0 aliphatic carbocycles. The van der Waals surface area contributed by atoms with Crippen LogP contribution in [0.4, 0.5) is 11.4 Å². The number of anilines is 2. The lowest BCUT2D eigenvalue weighted by Gasteiger charge is -2.22. The number of ether oxygens (including phenoxy) is 2. The van der Waals surface area contributed by atoms with E-state index in [1.54, 1.807) is 48.5 Å². The summed E-state index contributed by atoms with van der Waals surface area (Å²) in [7, 11) is 0. The highest BCUT2D eigenvalue weighted by Crippen LogP contribution is 2.30. The first-order valence-corrected chi connectivity index (χ1v) is 9.10. The van der Waals surface area contributed by atoms with Crippen LogP contribution in [-0.4, -0.2) is 37.0 Å². The van der Waals surface area contributed by atoms with Crippen molar-refractivity contribution in [1.82, 2.24) is 0 Å². The second kappa shape index (κ2) is 8.75. The number of carbonyl (C=O) groups is 3. The van der Waals surface area contributed by atoms with Crippen molar-refractivity contribution in [2.24, 2.45) is 0 Å². The van der Waals surface area contributed by atoms with Gasteiger partial charge in [-0.3, -0.25) is 19.3 Å². The summed E-state index contributed by atoms with van der Waals surface area (Å²) in [6.45, 7) is 1.37. The van der Waals surface area contributed by atoms with Crippen molar-refractivity contribution in [3.63, 3.8) is 0 Å². The summed E-state index contributed by atoms with van der Waals surface area (Å²) in [5.74, 6) is -0.958. The minimum atomic E-state index is -1.06. The van der Waals surface area contributed by atoms with Crippen molar-refractivity contribution in [3.8, 4) is 5.75 Å². The van der Waals surface area contributed by atoms with Crippen LogP contribution < -0.4 is 15.0 Å². The van der Waals surface area contributed by atoms with E-state index in [-0.39, 0.29) is 25.5 Å². The number of amides is 2. The SMILES string of the molecule is C[C@H](OC(=O)CN1C(=O)CCOc2ccccc21)C(=O)Nc1ccccc1Cl.